The highest BCUT2D eigenvalue weighted by atomic mass is 15.3. The summed E-state index contributed by atoms with van der Waals surface area (Å²) in [6.45, 7) is 5.07. The number of nitrogens with one attached hydrogen (secondary N) is 1. The number of rotatable bonds is 4. The van der Waals surface area contributed by atoms with Crippen LogP contribution in [0.2, 0.25) is 0 Å². The van der Waals surface area contributed by atoms with Gasteiger partial charge < -0.3 is 4.90 Å². The predicted molar refractivity (Wildman–Crippen MR) is 89.5 cm³/mol. The molecule has 0 radical (unpaired) electrons. The van der Waals surface area contributed by atoms with Crippen LogP contribution in [0, 0.1) is 6.92 Å². The van der Waals surface area contributed by atoms with Gasteiger partial charge >= 0.3 is 0 Å². The summed E-state index contributed by atoms with van der Waals surface area (Å²) in [6, 6.07) is 0.570. The second kappa shape index (κ2) is 5.92. The van der Waals surface area contributed by atoms with Gasteiger partial charge in [0.2, 0.25) is 0 Å². The molecule has 2 aromatic rings. The minimum Gasteiger partial charge on any atom is -0.353 e. The number of anilines is 1. The van der Waals surface area contributed by atoms with E-state index in [1.807, 2.05) is 6.20 Å². The van der Waals surface area contributed by atoms with E-state index in [-0.39, 0.29) is 0 Å². The number of fused-ring (bicyclic) bond motifs is 1. The first-order chi connectivity index (χ1) is 11.2. The maximum Gasteiger partial charge on any atom is 0.134 e. The number of aromatic amines is 1. The van der Waals surface area contributed by atoms with Crippen LogP contribution < -0.4 is 4.90 Å². The first kappa shape index (κ1) is 14.6. The molecule has 0 amide bonds. The van der Waals surface area contributed by atoms with Crippen molar-refractivity contribution in [2.75, 3.05) is 25.0 Å². The number of nitrogens with zero attached hydrogens (tertiary/aromatic N) is 5. The number of likely N-dealkylation sites (N-methyl/N-ethyl adjacent to an activating group) is 1. The molecule has 1 aliphatic carbocycles. The van der Waals surface area contributed by atoms with E-state index >= 15 is 0 Å². The minimum atomic E-state index is 0.570. The summed E-state index contributed by atoms with van der Waals surface area (Å²) in [6.07, 6.45) is 8.46. The van der Waals surface area contributed by atoms with Crippen molar-refractivity contribution in [3.8, 4) is 0 Å². The number of hydrogen-bond donors (Lipinski definition) is 1. The quantitative estimate of drug-likeness (QED) is 0.931. The zero-order valence-corrected chi connectivity index (χ0v) is 13.9. The van der Waals surface area contributed by atoms with Crippen LogP contribution in [0.4, 0.5) is 5.82 Å². The standard InChI is InChI=1S/C17H24N6/c1-12-7-18-11-19-17(12)23-8-13(9-23)22(2)10-16-14-5-3-4-6-15(14)20-21-16/h7,11,13H,3-6,8-10H2,1-2H3,(H,20,21). The summed E-state index contributed by atoms with van der Waals surface area (Å²) < 4.78 is 0. The molecule has 0 spiro atoms. The molecule has 1 fully saturated rings. The van der Waals surface area contributed by atoms with E-state index in [1.165, 1.54) is 36.2 Å². The summed E-state index contributed by atoms with van der Waals surface area (Å²) in [5.41, 5.74) is 5.24. The number of aromatic nitrogens is 4. The molecular weight excluding hydrogens is 288 g/mol. The summed E-state index contributed by atoms with van der Waals surface area (Å²) in [5, 5.41) is 7.81. The molecule has 6 heteroatoms. The first-order valence-corrected chi connectivity index (χ1v) is 8.49. The Morgan fingerprint density at radius 1 is 1.30 bits per heavy atom. The van der Waals surface area contributed by atoms with Gasteiger partial charge in [-0.25, -0.2) is 9.97 Å². The van der Waals surface area contributed by atoms with Gasteiger partial charge in [0.15, 0.2) is 0 Å². The number of hydrogen-bond acceptors (Lipinski definition) is 5. The smallest absolute Gasteiger partial charge is 0.134 e. The highest BCUT2D eigenvalue weighted by molar-refractivity contribution is 5.47. The van der Waals surface area contributed by atoms with E-state index in [9.17, 15) is 0 Å². The molecule has 0 bridgehead atoms. The SMILES string of the molecule is Cc1cncnc1N1CC(N(C)Cc2n[nH]c3c2CCCC3)C1. The monoisotopic (exact) mass is 312 g/mol. The normalized spacial score (nSPS) is 18.1. The molecule has 1 saturated heterocycles. The largest absolute Gasteiger partial charge is 0.353 e. The molecule has 122 valence electrons. The van der Waals surface area contributed by atoms with Gasteiger partial charge in [0.1, 0.15) is 12.1 Å². The van der Waals surface area contributed by atoms with Crippen LogP contribution in [0.5, 0.6) is 0 Å². The van der Waals surface area contributed by atoms with Crippen LogP contribution in [0.15, 0.2) is 12.5 Å². The second-order valence-electron chi connectivity index (χ2n) is 6.84. The molecule has 0 saturated carbocycles. The number of aryl methyl sites for hydroxylation is 2. The van der Waals surface area contributed by atoms with Gasteiger partial charge in [-0.15, -0.1) is 0 Å². The molecule has 4 rings (SSSR count). The van der Waals surface area contributed by atoms with Crippen LogP contribution in [-0.4, -0.2) is 51.2 Å². The van der Waals surface area contributed by atoms with Crippen molar-refractivity contribution in [1.82, 2.24) is 25.1 Å². The van der Waals surface area contributed by atoms with Crippen molar-refractivity contribution in [3.63, 3.8) is 0 Å². The Morgan fingerprint density at radius 2 is 2.13 bits per heavy atom. The van der Waals surface area contributed by atoms with Gasteiger partial charge in [-0.1, -0.05) is 0 Å². The fourth-order valence-electron chi connectivity index (χ4n) is 3.68. The molecule has 1 aliphatic heterocycles. The van der Waals surface area contributed by atoms with Crippen molar-refractivity contribution in [3.05, 3.63) is 35.0 Å². The average Bonchev–Trinajstić information content (AvgIpc) is 2.91. The van der Waals surface area contributed by atoms with Crippen LogP contribution in [0.1, 0.15) is 35.4 Å². The lowest BCUT2D eigenvalue weighted by Crippen LogP contribution is -2.58. The molecule has 0 aromatic carbocycles. The fourth-order valence-corrected chi connectivity index (χ4v) is 3.68. The lowest BCUT2D eigenvalue weighted by Gasteiger charge is -2.45. The molecule has 3 heterocycles. The summed E-state index contributed by atoms with van der Waals surface area (Å²) >= 11 is 0. The van der Waals surface area contributed by atoms with Crippen molar-refractivity contribution in [2.24, 2.45) is 0 Å². The van der Waals surface area contributed by atoms with Gasteiger partial charge in [-0.2, -0.15) is 5.10 Å². The maximum absolute atomic E-state index is 4.57. The van der Waals surface area contributed by atoms with E-state index < -0.39 is 0 Å². The molecule has 0 unspecified atom stereocenters. The Kier molecular flexibility index (Phi) is 3.77. The van der Waals surface area contributed by atoms with Crippen LogP contribution >= 0.6 is 0 Å². The molecule has 2 aromatic heterocycles. The minimum absolute atomic E-state index is 0.570. The molecule has 2 aliphatic rings. The number of H-pyrrole nitrogens is 1. The van der Waals surface area contributed by atoms with Crippen LogP contribution in [0.25, 0.3) is 0 Å². The van der Waals surface area contributed by atoms with E-state index in [2.05, 4.69) is 43.9 Å². The Labute approximate surface area is 136 Å². The third kappa shape index (κ3) is 2.72. The molecule has 6 nitrogen and oxygen atoms in total. The zero-order valence-electron chi connectivity index (χ0n) is 13.9. The predicted octanol–water partition coefficient (Wildman–Crippen LogP) is 1.71. The van der Waals surface area contributed by atoms with Crippen molar-refractivity contribution < 1.29 is 0 Å². The van der Waals surface area contributed by atoms with Gasteiger partial charge in [0, 0.05) is 43.1 Å². The van der Waals surface area contributed by atoms with Crippen LogP contribution in [-0.2, 0) is 19.4 Å². The topological polar surface area (TPSA) is 60.9 Å². The summed E-state index contributed by atoms with van der Waals surface area (Å²) in [5.74, 6) is 1.07. The molecule has 1 N–H and O–H groups in total. The van der Waals surface area contributed by atoms with Gasteiger partial charge in [-0.3, -0.25) is 10.00 Å². The average molecular weight is 312 g/mol. The second-order valence-corrected chi connectivity index (χ2v) is 6.84. The fraction of sp³-hybridized carbons (Fsp3) is 0.588. The molecular formula is C17H24N6. The summed E-state index contributed by atoms with van der Waals surface area (Å²) in [7, 11) is 2.21. The van der Waals surface area contributed by atoms with Gasteiger partial charge in [0.25, 0.3) is 0 Å². The highest BCUT2D eigenvalue weighted by Crippen LogP contribution is 2.26. The third-order valence-corrected chi connectivity index (χ3v) is 5.19. The molecule has 23 heavy (non-hydrogen) atoms. The van der Waals surface area contributed by atoms with Crippen molar-refractivity contribution in [1.29, 1.82) is 0 Å². The van der Waals surface area contributed by atoms with Crippen LogP contribution in [0.3, 0.4) is 0 Å². The maximum atomic E-state index is 4.57. The van der Waals surface area contributed by atoms with Gasteiger partial charge in [-0.05, 0) is 45.2 Å². The van der Waals surface area contributed by atoms with E-state index in [0.717, 1.165) is 37.4 Å². The first-order valence-electron chi connectivity index (χ1n) is 8.49. The zero-order chi connectivity index (χ0) is 15.8. The summed E-state index contributed by atoms with van der Waals surface area (Å²) in [4.78, 5) is 13.2. The van der Waals surface area contributed by atoms with E-state index in [4.69, 9.17) is 0 Å². The van der Waals surface area contributed by atoms with E-state index in [0.29, 0.717) is 6.04 Å². The van der Waals surface area contributed by atoms with E-state index in [1.54, 1.807) is 6.33 Å². The highest BCUT2D eigenvalue weighted by Gasteiger charge is 2.32. The van der Waals surface area contributed by atoms with Crippen molar-refractivity contribution in [2.45, 2.75) is 45.2 Å². The van der Waals surface area contributed by atoms with Crippen molar-refractivity contribution >= 4 is 5.82 Å². The van der Waals surface area contributed by atoms with Gasteiger partial charge in [0.05, 0.1) is 5.69 Å². The lowest BCUT2D eigenvalue weighted by molar-refractivity contribution is 0.194. The molecule has 0 atom stereocenters. The Bertz CT molecular complexity index is 688. The Balaban J connectivity index is 1.37. The lowest BCUT2D eigenvalue weighted by atomic mass is 9.95. The Hall–Kier alpha value is -1.95. The Morgan fingerprint density at radius 3 is 2.96 bits per heavy atom. The third-order valence-electron chi connectivity index (χ3n) is 5.19.